The van der Waals surface area contributed by atoms with E-state index < -0.39 is 8.32 Å². The van der Waals surface area contributed by atoms with Gasteiger partial charge >= 0.3 is 0 Å². The normalized spacial score (nSPS) is 21.2. The van der Waals surface area contributed by atoms with E-state index in [0.717, 1.165) is 23.2 Å². The molecule has 1 N–H and O–H groups in total. The lowest BCUT2D eigenvalue weighted by Crippen LogP contribution is -2.47. The summed E-state index contributed by atoms with van der Waals surface area (Å²) in [7, 11) is -1.80. The Balaban J connectivity index is 1.72. The summed E-state index contributed by atoms with van der Waals surface area (Å²) < 4.78 is 19.4. The van der Waals surface area contributed by atoms with E-state index in [2.05, 4.69) is 57.3 Å². The van der Waals surface area contributed by atoms with E-state index in [4.69, 9.17) is 26.1 Å². The molecule has 6 heteroatoms. The molecule has 3 unspecified atom stereocenters. The Labute approximate surface area is 199 Å². The Bertz CT molecular complexity index is 829. The number of benzene rings is 2. The maximum absolute atomic E-state index is 6.70. The molecule has 0 radical (unpaired) electrons. The monoisotopic (exact) mass is 471 g/mol. The molecule has 4 nitrogen and oxygen atoms in total. The molecule has 0 spiro atoms. The molecular weight excluding hydrogens is 434 g/mol. The summed E-state index contributed by atoms with van der Waals surface area (Å²) in [6.45, 7) is 10.7. The highest BCUT2D eigenvalue weighted by Crippen LogP contribution is 2.31. The smallest absolute Gasteiger partial charge is 0.194 e. The van der Waals surface area contributed by atoms with Crippen LogP contribution in [-0.4, -0.2) is 38.2 Å². The Morgan fingerprint density at radius 2 is 1.41 bits per heavy atom. The predicted molar refractivity (Wildman–Crippen MR) is 137 cm³/mol. The molecule has 1 aliphatic heterocycles. The number of thiocarbonyl (C=S) groups is 1. The molecule has 32 heavy (non-hydrogen) atoms. The highest BCUT2D eigenvalue weighted by Gasteiger charge is 2.44. The van der Waals surface area contributed by atoms with Gasteiger partial charge in [0.15, 0.2) is 8.32 Å². The summed E-state index contributed by atoms with van der Waals surface area (Å²) in [5.41, 5.74) is 2.83. The molecule has 2 aromatic rings. The summed E-state index contributed by atoms with van der Waals surface area (Å²) >= 11 is 5.70. The highest BCUT2D eigenvalue weighted by molar-refractivity contribution is 7.80. The molecule has 1 heterocycles. The zero-order valence-electron chi connectivity index (χ0n) is 19.8. The zero-order chi connectivity index (χ0) is 23.0. The van der Waals surface area contributed by atoms with Crippen LogP contribution in [0.5, 0.6) is 0 Å². The quantitative estimate of drug-likeness (QED) is 0.310. The van der Waals surface area contributed by atoms with Crippen molar-refractivity contribution in [3.8, 4) is 0 Å². The standard InChI is InChI=1S/C26H37NO3SSi/c1-5-32(6-2,20(3)4)30-19-23-24(28-17-21-13-9-7-10-14-21)25(26(31)27-23)29-18-22-15-11-8-12-16-22/h7-16,20,23-25H,5-6,17-19H2,1-4H3,(H,27,31). The average Bonchev–Trinajstić information content (AvgIpc) is 3.12. The summed E-state index contributed by atoms with van der Waals surface area (Å²) in [5, 5.41) is 3.46. The van der Waals surface area contributed by atoms with Gasteiger partial charge in [-0.25, -0.2) is 0 Å². The van der Waals surface area contributed by atoms with E-state index in [9.17, 15) is 0 Å². The van der Waals surface area contributed by atoms with Crippen LogP contribution < -0.4 is 5.32 Å². The largest absolute Gasteiger partial charge is 0.414 e. The van der Waals surface area contributed by atoms with Crippen LogP contribution in [0.2, 0.25) is 17.6 Å². The molecule has 0 saturated carbocycles. The third-order valence-electron chi connectivity index (χ3n) is 6.64. The van der Waals surface area contributed by atoms with Crippen molar-refractivity contribution in [2.75, 3.05) is 6.61 Å². The fraction of sp³-hybridized carbons (Fsp3) is 0.500. The topological polar surface area (TPSA) is 39.7 Å². The summed E-state index contributed by atoms with van der Waals surface area (Å²) in [5.74, 6) is 0. The minimum atomic E-state index is -1.80. The number of ether oxygens (including phenoxy) is 2. The van der Waals surface area contributed by atoms with Gasteiger partial charge in [-0.2, -0.15) is 0 Å². The van der Waals surface area contributed by atoms with Gasteiger partial charge in [-0.1, -0.05) is 101 Å². The molecule has 0 bridgehead atoms. The number of nitrogens with one attached hydrogen (secondary N) is 1. The summed E-state index contributed by atoms with van der Waals surface area (Å²) in [4.78, 5) is 0.706. The first kappa shape index (κ1) is 25.1. The van der Waals surface area contributed by atoms with Crippen molar-refractivity contribution >= 4 is 25.5 Å². The predicted octanol–water partition coefficient (Wildman–Crippen LogP) is 5.87. The van der Waals surface area contributed by atoms with Gasteiger partial charge in [-0.3, -0.25) is 0 Å². The average molecular weight is 472 g/mol. The van der Waals surface area contributed by atoms with Crippen LogP contribution in [0.4, 0.5) is 0 Å². The van der Waals surface area contributed by atoms with Gasteiger partial charge in [0.25, 0.3) is 0 Å². The third kappa shape index (κ3) is 6.26. The van der Waals surface area contributed by atoms with Gasteiger partial charge in [0.1, 0.15) is 17.2 Å². The second-order valence-corrected chi connectivity index (χ2v) is 14.3. The fourth-order valence-corrected chi connectivity index (χ4v) is 8.18. The van der Waals surface area contributed by atoms with Crippen molar-refractivity contribution in [1.29, 1.82) is 0 Å². The fourth-order valence-electron chi connectivity index (χ4n) is 4.44. The van der Waals surface area contributed by atoms with Crippen molar-refractivity contribution in [2.45, 2.75) is 76.8 Å². The maximum atomic E-state index is 6.70. The molecule has 1 saturated heterocycles. The molecule has 1 fully saturated rings. The first-order chi connectivity index (χ1) is 15.5. The van der Waals surface area contributed by atoms with Crippen LogP contribution in [-0.2, 0) is 27.1 Å². The van der Waals surface area contributed by atoms with Gasteiger partial charge in [0, 0.05) is 0 Å². The van der Waals surface area contributed by atoms with Gasteiger partial charge < -0.3 is 19.2 Å². The summed E-state index contributed by atoms with van der Waals surface area (Å²) in [6.07, 6.45) is -0.486. The SMILES string of the molecule is CC[Si](CC)(OCC1NC(=S)C(OCc2ccccc2)C1OCc1ccccc1)C(C)C. The molecule has 0 amide bonds. The van der Waals surface area contributed by atoms with Gasteiger partial charge in [0.05, 0.1) is 25.9 Å². The third-order valence-corrected chi connectivity index (χ3v) is 12.2. The second kappa shape index (κ2) is 12.0. The Morgan fingerprint density at radius 1 is 0.875 bits per heavy atom. The molecular formula is C26H37NO3SSi. The van der Waals surface area contributed by atoms with Crippen molar-refractivity contribution in [3.05, 3.63) is 71.8 Å². The van der Waals surface area contributed by atoms with Gasteiger partial charge in [-0.05, 0) is 28.8 Å². The van der Waals surface area contributed by atoms with E-state index in [1.807, 2.05) is 36.4 Å². The van der Waals surface area contributed by atoms with Crippen LogP contribution in [0.25, 0.3) is 0 Å². The molecule has 3 rings (SSSR count). The number of hydrogen-bond acceptors (Lipinski definition) is 4. The second-order valence-electron chi connectivity index (χ2n) is 8.83. The van der Waals surface area contributed by atoms with Crippen LogP contribution in [0.1, 0.15) is 38.8 Å². The van der Waals surface area contributed by atoms with Crippen LogP contribution in [0, 0.1) is 0 Å². The lowest BCUT2D eigenvalue weighted by Gasteiger charge is -2.35. The van der Waals surface area contributed by atoms with E-state index in [0.29, 0.717) is 30.4 Å². The highest BCUT2D eigenvalue weighted by atomic mass is 32.1. The lowest BCUT2D eigenvalue weighted by molar-refractivity contribution is -0.0610. The van der Waals surface area contributed by atoms with Crippen LogP contribution >= 0.6 is 12.2 Å². The molecule has 0 aliphatic carbocycles. The van der Waals surface area contributed by atoms with Crippen LogP contribution in [0.3, 0.4) is 0 Å². The summed E-state index contributed by atoms with van der Waals surface area (Å²) in [6, 6.07) is 22.6. The minimum Gasteiger partial charge on any atom is -0.414 e. The molecule has 2 aromatic carbocycles. The number of hydrogen-bond donors (Lipinski definition) is 1. The van der Waals surface area contributed by atoms with Gasteiger partial charge in [-0.15, -0.1) is 0 Å². The van der Waals surface area contributed by atoms with E-state index in [1.165, 1.54) is 0 Å². The Morgan fingerprint density at radius 3 is 1.91 bits per heavy atom. The Hall–Kier alpha value is -1.57. The van der Waals surface area contributed by atoms with E-state index >= 15 is 0 Å². The van der Waals surface area contributed by atoms with Crippen molar-refractivity contribution in [1.82, 2.24) is 5.32 Å². The van der Waals surface area contributed by atoms with E-state index in [-0.39, 0.29) is 18.2 Å². The van der Waals surface area contributed by atoms with Crippen LogP contribution in [0.15, 0.2) is 60.7 Å². The van der Waals surface area contributed by atoms with Gasteiger partial charge in [0.2, 0.25) is 0 Å². The maximum Gasteiger partial charge on any atom is 0.194 e. The molecule has 3 atom stereocenters. The molecule has 1 aliphatic rings. The van der Waals surface area contributed by atoms with Crippen molar-refractivity contribution < 1.29 is 13.9 Å². The molecule has 0 aromatic heterocycles. The Kier molecular flexibility index (Phi) is 9.43. The van der Waals surface area contributed by atoms with Crippen molar-refractivity contribution in [2.24, 2.45) is 0 Å². The lowest BCUT2D eigenvalue weighted by atomic mass is 10.1. The van der Waals surface area contributed by atoms with E-state index in [1.54, 1.807) is 0 Å². The zero-order valence-corrected chi connectivity index (χ0v) is 21.6. The van der Waals surface area contributed by atoms with Crippen molar-refractivity contribution in [3.63, 3.8) is 0 Å². The number of rotatable bonds is 12. The first-order valence-electron chi connectivity index (χ1n) is 11.7. The minimum absolute atomic E-state index is 0.0179. The first-order valence-corrected chi connectivity index (χ1v) is 14.5. The molecule has 174 valence electrons.